The van der Waals surface area contributed by atoms with E-state index in [1.165, 1.54) is 12.1 Å². The van der Waals surface area contributed by atoms with E-state index in [4.69, 9.17) is 16.3 Å². The molecule has 0 unspecified atom stereocenters. The zero-order valence-corrected chi connectivity index (χ0v) is 16.3. The van der Waals surface area contributed by atoms with Crippen LogP contribution in [0.15, 0.2) is 30.5 Å². The van der Waals surface area contributed by atoms with Crippen LogP contribution in [0.2, 0.25) is 5.02 Å². The van der Waals surface area contributed by atoms with E-state index < -0.39 is 39.7 Å². The van der Waals surface area contributed by atoms with Gasteiger partial charge in [-0.2, -0.15) is 13.2 Å². The van der Waals surface area contributed by atoms with Crippen LogP contribution in [0.5, 0.6) is 0 Å². The second-order valence-corrected chi connectivity index (χ2v) is 7.29. The molecule has 1 fully saturated rings. The number of benzene rings is 1. The zero-order chi connectivity index (χ0) is 22.1. The van der Waals surface area contributed by atoms with Crippen LogP contribution in [-0.2, 0) is 21.2 Å². The minimum Gasteiger partial charge on any atom is -0.378 e. The molecule has 160 valence electrons. The number of halogens is 5. The van der Waals surface area contributed by atoms with Crippen LogP contribution in [0.25, 0.3) is 0 Å². The molecule has 1 aromatic carbocycles. The molecule has 1 aromatic heterocycles. The number of amides is 2. The van der Waals surface area contributed by atoms with Crippen molar-refractivity contribution in [3.05, 3.63) is 58.1 Å². The van der Waals surface area contributed by atoms with E-state index >= 15 is 0 Å². The lowest BCUT2D eigenvalue weighted by molar-refractivity contribution is -0.137. The van der Waals surface area contributed by atoms with Crippen molar-refractivity contribution in [3.63, 3.8) is 0 Å². The molecule has 1 aliphatic rings. The van der Waals surface area contributed by atoms with Crippen LogP contribution < -0.4 is 10.6 Å². The minimum absolute atomic E-state index is 0.0132. The predicted octanol–water partition coefficient (Wildman–Crippen LogP) is 3.90. The van der Waals surface area contributed by atoms with Crippen LogP contribution in [-0.4, -0.2) is 30.0 Å². The van der Waals surface area contributed by atoms with Gasteiger partial charge in [0.25, 0.3) is 5.91 Å². The molecule has 2 heterocycles. The maximum Gasteiger partial charge on any atom is 0.417 e. The van der Waals surface area contributed by atoms with Crippen molar-refractivity contribution in [3.8, 4) is 0 Å². The van der Waals surface area contributed by atoms with Gasteiger partial charge in [0, 0.05) is 23.9 Å². The SMILES string of the molecule is C[C@@]1(c2cc(NC(=O)c3ncc(C(F)(F)F)cc3Cl)ccc2F)COCCC(=O)N1. The summed E-state index contributed by atoms with van der Waals surface area (Å²) in [6.07, 6.45) is -4.03. The number of pyridine rings is 1. The Morgan fingerprint density at radius 1 is 1.33 bits per heavy atom. The number of nitrogens with one attached hydrogen (secondary N) is 2. The third-order valence-corrected chi connectivity index (χ3v) is 4.77. The van der Waals surface area contributed by atoms with Crippen molar-refractivity contribution in [1.82, 2.24) is 10.3 Å². The van der Waals surface area contributed by atoms with Crippen LogP contribution in [0, 0.1) is 5.82 Å². The highest BCUT2D eigenvalue weighted by Gasteiger charge is 2.34. The minimum atomic E-state index is -4.65. The summed E-state index contributed by atoms with van der Waals surface area (Å²) in [6.45, 7) is 1.78. The second kappa shape index (κ2) is 8.19. The smallest absolute Gasteiger partial charge is 0.378 e. The molecule has 0 spiro atoms. The number of nitrogens with zero attached hydrogens (tertiary/aromatic N) is 1. The maximum atomic E-state index is 14.5. The molecule has 0 bridgehead atoms. The summed E-state index contributed by atoms with van der Waals surface area (Å²) in [5, 5.41) is 4.63. The number of carbonyl (C=O) groups is 2. The Labute approximate surface area is 173 Å². The number of ether oxygens (including phenoxy) is 1. The Balaban J connectivity index is 1.87. The van der Waals surface area contributed by atoms with Crippen molar-refractivity contribution in [2.75, 3.05) is 18.5 Å². The molecule has 30 heavy (non-hydrogen) atoms. The van der Waals surface area contributed by atoms with Gasteiger partial charge in [-0.25, -0.2) is 9.37 Å². The first-order chi connectivity index (χ1) is 14.0. The van der Waals surface area contributed by atoms with Crippen molar-refractivity contribution in [2.24, 2.45) is 0 Å². The number of rotatable bonds is 3. The zero-order valence-electron chi connectivity index (χ0n) is 15.6. The van der Waals surface area contributed by atoms with Gasteiger partial charge in [-0.05, 0) is 31.2 Å². The van der Waals surface area contributed by atoms with E-state index in [2.05, 4.69) is 15.6 Å². The molecule has 1 atom stereocenters. The normalized spacial score (nSPS) is 19.7. The molecule has 0 saturated carbocycles. The quantitative estimate of drug-likeness (QED) is 0.702. The van der Waals surface area contributed by atoms with Crippen molar-refractivity contribution < 1.29 is 31.9 Å². The standard InChI is InChI=1S/C19H16ClF4N3O3/c1-18(9-30-5-4-15(28)27-18)12-7-11(2-3-14(12)21)26-17(29)16-13(20)6-10(8-25-16)19(22,23)24/h2-3,6-8H,4-5,9H2,1H3,(H,26,29)(H,27,28)/t18-/m0/s1. The molecule has 2 amide bonds. The van der Waals surface area contributed by atoms with Crippen molar-refractivity contribution in [2.45, 2.75) is 25.1 Å². The third kappa shape index (κ3) is 4.71. The fraction of sp³-hybridized carbons (Fsp3) is 0.316. The van der Waals surface area contributed by atoms with Crippen LogP contribution in [0.1, 0.15) is 35.0 Å². The first-order valence-corrected chi connectivity index (χ1v) is 9.10. The van der Waals surface area contributed by atoms with Gasteiger partial charge in [-0.1, -0.05) is 11.6 Å². The highest BCUT2D eigenvalue weighted by molar-refractivity contribution is 6.34. The Kier molecular flexibility index (Phi) is 6.00. The van der Waals surface area contributed by atoms with E-state index in [1.807, 2.05) is 0 Å². The van der Waals surface area contributed by atoms with Gasteiger partial charge in [-0.3, -0.25) is 9.59 Å². The summed E-state index contributed by atoms with van der Waals surface area (Å²) in [7, 11) is 0. The summed E-state index contributed by atoms with van der Waals surface area (Å²) in [4.78, 5) is 27.8. The molecule has 0 radical (unpaired) electrons. The van der Waals surface area contributed by atoms with Gasteiger partial charge in [0.05, 0.1) is 29.3 Å². The van der Waals surface area contributed by atoms with Crippen molar-refractivity contribution >= 4 is 29.1 Å². The fourth-order valence-corrected chi connectivity index (χ4v) is 3.22. The molecular weight excluding hydrogens is 430 g/mol. The van der Waals surface area contributed by atoms with Gasteiger partial charge < -0.3 is 15.4 Å². The average Bonchev–Trinajstić information content (AvgIpc) is 2.83. The maximum absolute atomic E-state index is 14.5. The lowest BCUT2D eigenvalue weighted by Gasteiger charge is -2.29. The summed E-state index contributed by atoms with van der Waals surface area (Å²) in [5.74, 6) is -1.82. The summed E-state index contributed by atoms with van der Waals surface area (Å²) in [5.41, 5.74) is -2.49. The number of hydrogen-bond acceptors (Lipinski definition) is 4. The monoisotopic (exact) mass is 445 g/mol. The first kappa shape index (κ1) is 22.0. The number of aromatic nitrogens is 1. The number of hydrogen-bond donors (Lipinski definition) is 2. The van der Waals surface area contributed by atoms with E-state index in [9.17, 15) is 27.2 Å². The van der Waals surface area contributed by atoms with Crippen LogP contribution in [0.3, 0.4) is 0 Å². The van der Waals surface area contributed by atoms with Gasteiger partial charge in [0.1, 0.15) is 11.5 Å². The summed E-state index contributed by atoms with van der Waals surface area (Å²) in [6, 6.07) is 4.26. The highest BCUT2D eigenvalue weighted by atomic mass is 35.5. The molecule has 3 rings (SSSR count). The van der Waals surface area contributed by atoms with Crippen LogP contribution in [0.4, 0.5) is 23.2 Å². The predicted molar refractivity (Wildman–Crippen MR) is 99.5 cm³/mol. The second-order valence-electron chi connectivity index (χ2n) is 6.88. The largest absolute Gasteiger partial charge is 0.417 e. The Morgan fingerprint density at radius 2 is 2.07 bits per heavy atom. The van der Waals surface area contributed by atoms with Gasteiger partial charge in [0.15, 0.2) is 0 Å². The molecule has 11 heteroatoms. The van der Waals surface area contributed by atoms with E-state index in [0.29, 0.717) is 12.3 Å². The molecule has 6 nitrogen and oxygen atoms in total. The van der Waals surface area contributed by atoms with Crippen molar-refractivity contribution in [1.29, 1.82) is 0 Å². The fourth-order valence-electron chi connectivity index (χ4n) is 2.97. The molecule has 1 aliphatic heterocycles. The average molecular weight is 446 g/mol. The van der Waals surface area contributed by atoms with Crippen LogP contribution >= 0.6 is 11.6 Å². The summed E-state index contributed by atoms with van der Waals surface area (Å²) >= 11 is 5.78. The van der Waals surface area contributed by atoms with Gasteiger partial charge >= 0.3 is 6.18 Å². The lowest BCUT2D eigenvalue weighted by atomic mass is 9.91. The topological polar surface area (TPSA) is 80.3 Å². The Bertz CT molecular complexity index is 999. The van der Waals surface area contributed by atoms with Gasteiger partial charge in [0.2, 0.25) is 5.91 Å². The lowest BCUT2D eigenvalue weighted by Crippen LogP contribution is -2.45. The number of anilines is 1. The first-order valence-electron chi connectivity index (χ1n) is 8.72. The van der Waals surface area contributed by atoms with E-state index in [0.717, 1.165) is 6.07 Å². The van der Waals surface area contributed by atoms with Gasteiger partial charge in [-0.15, -0.1) is 0 Å². The number of alkyl halides is 3. The van der Waals surface area contributed by atoms with E-state index in [1.54, 1.807) is 6.92 Å². The number of carbonyl (C=O) groups excluding carboxylic acids is 2. The third-order valence-electron chi connectivity index (χ3n) is 4.48. The Hall–Kier alpha value is -2.72. The molecule has 2 N–H and O–H groups in total. The molecule has 2 aromatic rings. The molecular formula is C19H16ClF4N3O3. The molecule has 1 saturated heterocycles. The molecule has 0 aliphatic carbocycles. The Morgan fingerprint density at radius 3 is 2.73 bits per heavy atom. The highest BCUT2D eigenvalue weighted by Crippen LogP contribution is 2.32. The van der Waals surface area contributed by atoms with E-state index in [-0.39, 0.29) is 36.8 Å². The summed E-state index contributed by atoms with van der Waals surface area (Å²) < 4.78 is 58.0.